The number of aliphatic hydroxyl groups is 1. The zero-order valence-electron chi connectivity index (χ0n) is 29.5. The summed E-state index contributed by atoms with van der Waals surface area (Å²) in [6.45, 7) is 17.5. The van der Waals surface area contributed by atoms with Crippen molar-refractivity contribution in [2.75, 3.05) is 59.5 Å². The maximum atomic E-state index is 9.32. The third kappa shape index (κ3) is 19.7. The van der Waals surface area contributed by atoms with Gasteiger partial charge in [0.1, 0.15) is 0 Å². The zero-order valence-corrected chi connectivity index (χ0v) is 29.5. The Morgan fingerprint density at radius 2 is 1.37 bits per heavy atom. The quantitative estimate of drug-likeness (QED) is 0.0548. The van der Waals surface area contributed by atoms with E-state index >= 15 is 0 Å². The summed E-state index contributed by atoms with van der Waals surface area (Å²) in [6, 6.07) is 1.45. The number of likely N-dealkylation sites (N-methyl/N-ethyl adjacent to an activating group) is 1. The predicted octanol–water partition coefficient (Wildman–Crippen LogP) is 4.06. The van der Waals surface area contributed by atoms with E-state index in [1.165, 1.54) is 90.0 Å². The van der Waals surface area contributed by atoms with E-state index < -0.39 is 0 Å². The van der Waals surface area contributed by atoms with Crippen LogP contribution in [0, 0.1) is 17.8 Å². The molecule has 1 rings (SSSR count). The summed E-state index contributed by atoms with van der Waals surface area (Å²) in [6.07, 6.45) is 17.6. The van der Waals surface area contributed by atoms with Crippen molar-refractivity contribution in [1.82, 2.24) is 26.2 Å². The Morgan fingerprint density at radius 3 is 1.95 bits per heavy atom. The minimum Gasteiger partial charge on any atom is -0.395 e. The third-order valence-electron chi connectivity index (χ3n) is 9.69. The lowest BCUT2D eigenvalue weighted by molar-refractivity contribution is 0.168. The SMILES string of the molecule is CCCCCCC[C@@H](C)CN(C)[C@H](CN[C@H](CN[C@@H](CN)CN[C@@H](CN)CN[C@H](C)CO)C1CCCCCC1)CC(C)C. The largest absolute Gasteiger partial charge is 0.395 e. The first kappa shape index (κ1) is 40.7. The molecule has 0 saturated heterocycles. The second-order valence-electron chi connectivity index (χ2n) is 14.5. The van der Waals surface area contributed by atoms with E-state index in [-0.39, 0.29) is 24.7 Å². The predicted molar refractivity (Wildman–Crippen MR) is 188 cm³/mol. The summed E-state index contributed by atoms with van der Waals surface area (Å²) >= 11 is 0. The molecule has 0 amide bonds. The van der Waals surface area contributed by atoms with Gasteiger partial charge in [-0.25, -0.2) is 0 Å². The van der Waals surface area contributed by atoms with Gasteiger partial charge in [0.05, 0.1) is 6.61 Å². The van der Waals surface area contributed by atoms with Gasteiger partial charge in [-0.1, -0.05) is 85.5 Å². The average molecular weight is 612 g/mol. The number of nitrogens with two attached hydrogens (primary N) is 2. The molecule has 0 aliphatic heterocycles. The van der Waals surface area contributed by atoms with Crippen molar-refractivity contribution in [3.05, 3.63) is 0 Å². The summed E-state index contributed by atoms with van der Waals surface area (Å²) in [5, 5.41) is 24.2. The summed E-state index contributed by atoms with van der Waals surface area (Å²) in [5.74, 6) is 2.15. The van der Waals surface area contributed by atoms with Crippen molar-refractivity contribution in [3.8, 4) is 0 Å². The number of nitrogens with one attached hydrogen (secondary N) is 4. The summed E-state index contributed by atoms with van der Waals surface area (Å²) in [4.78, 5) is 2.66. The molecule has 1 fully saturated rings. The van der Waals surface area contributed by atoms with Crippen LogP contribution in [0.3, 0.4) is 0 Å². The van der Waals surface area contributed by atoms with E-state index in [1.807, 2.05) is 6.92 Å². The number of aliphatic hydroxyl groups excluding tert-OH is 1. The number of unbranched alkanes of at least 4 members (excludes halogenated alkanes) is 4. The van der Waals surface area contributed by atoms with Gasteiger partial charge in [0.15, 0.2) is 0 Å². The average Bonchev–Trinajstić information content (AvgIpc) is 3.28. The topological polar surface area (TPSA) is 124 Å². The monoisotopic (exact) mass is 612 g/mol. The van der Waals surface area contributed by atoms with Gasteiger partial charge in [0.2, 0.25) is 0 Å². The Morgan fingerprint density at radius 1 is 0.767 bits per heavy atom. The smallest absolute Gasteiger partial charge is 0.0581 e. The van der Waals surface area contributed by atoms with Crippen molar-refractivity contribution < 1.29 is 5.11 Å². The standard InChI is InChI=1S/C35H77N7O/c1-7-8-9-10-13-16-29(4)26-42(6)34(19-28(2)3)24-41-35(31-17-14-11-12-15-18-31)25-40-33(21-37)23-39-32(20-36)22-38-30(5)27-43/h28-35,38-41,43H,7-27,36-37H2,1-6H3/t29-,30-,32+,33+,34+,35-/m1/s1. The first-order chi connectivity index (χ1) is 20.7. The third-order valence-corrected chi connectivity index (χ3v) is 9.69. The first-order valence-electron chi connectivity index (χ1n) is 18.4. The van der Waals surface area contributed by atoms with E-state index in [9.17, 15) is 5.11 Å². The van der Waals surface area contributed by atoms with Crippen molar-refractivity contribution in [3.63, 3.8) is 0 Å². The Kier molecular flexibility index (Phi) is 24.4. The highest BCUT2D eigenvalue weighted by Crippen LogP contribution is 2.26. The number of hydrogen-bond donors (Lipinski definition) is 7. The Labute approximate surface area is 268 Å². The Balaban J connectivity index is 2.75. The minimum atomic E-state index is 0.0722. The van der Waals surface area contributed by atoms with E-state index in [1.54, 1.807) is 0 Å². The molecule has 258 valence electrons. The number of nitrogens with zero attached hydrogens (tertiary/aromatic N) is 1. The molecule has 1 aliphatic rings. The van der Waals surface area contributed by atoms with E-state index in [2.05, 4.69) is 60.9 Å². The van der Waals surface area contributed by atoms with Crippen LogP contribution in [0.4, 0.5) is 0 Å². The van der Waals surface area contributed by atoms with E-state index in [4.69, 9.17) is 11.5 Å². The lowest BCUT2D eigenvalue weighted by Gasteiger charge is -2.35. The molecule has 0 aromatic rings. The van der Waals surface area contributed by atoms with Gasteiger partial charge in [0, 0.05) is 76.0 Å². The van der Waals surface area contributed by atoms with Crippen LogP contribution in [0.1, 0.15) is 118 Å². The van der Waals surface area contributed by atoms with Gasteiger partial charge in [-0.3, -0.25) is 0 Å². The van der Waals surface area contributed by atoms with Crippen LogP contribution < -0.4 is 32.7 Å². The molecule has 0 unspecified atom stereocenters. The van der Waals surface area contributed by atoms with Gasteiger partial charge in [-0.05, 0) is 57.4 Å². The van der Waals surface area contributed by atoms with Gasteiger partial charge in [-0.2, -0.15) is 0 Å². The van der Waals surface area contributed by atoms with Crippen LogP contribution in [0.15, 0.2) is 0 Å². The number of hydrogen-bond acceptors (Lipinski definition) is 8. The molecule has 8 nitrogen and oxygen atoms in total. The molecule has 1 saturated carbocycles. The van der Waals surface area contributed by atoms with Crippen molar-refractivity contribution in [1.29, 1.82) is 0 Å². The van der Waals surface area contributed by atoms with E-state index in [0.29, 0.717) is 31.1 Å². The van der Waals surface area contributed by atoms with Gasteiger partial charge >= 0.3 is 0 Å². The van der Waals surface area contributed by atoms with Gasteiger partial charge in [0.25, 0.3) is 0 Å². The van der Waals surface area contributed by atoms with Crippen LogP contribution in [0.25, 0.3) is 0 Å². The molecule has 9 N–H and O–H groups in total. The van der Waals surface area contributed by atoms with Crippen LogP contribution in [-0.2, 0) is 0 Å². The molecular weight excluding hydrogens is 534 g/mol. The molecule has 6 atom stereocenters. The van der Waals surface area contributed by atoms with Crippen LogP contribution in [0.5, 0.6) is 0 Å². The van der Waals surface area contributed by atoms with Crippen molar-refractivity contribution >= 4 is 0 Å². The molecule has 0 spiro atoms. The highest BCUT2D eigenvalue weighted by molar-refractivity contribution is 4.86. The fraction of sp³-hybridized carbons (Fsp3) is 1.00. The maximum Gasteiger partial charge on any atom is 0.0581 e. The van der Waals surface area contributed by atoms with Crippen molar-refractivity contribution in [2.45, 2.75) is 148 Å². The van der Waals surface area contributed by atoms with Crippen molar-refractivity contribution in [2.24, 2.45) is 29.2 Å². The number of rotatable bonds is 27. The molecule has 0 aromatic carbocycles. The van der Waals surface area contributed by atoms with Crippen LogP contribution in [0.2, 0.25) is 0 Å². The Bertz CT molecular complexity index is 617. The normalized spacial score (nSPS) is 19.3. The Hall–Kier alpha value is -0.320. The second-order valence-corrected chi connectivity index (χ2v) is 14.5. The summed E-state index contributed by atoms with van der Waals surface area (Å²) in [7, 11) is 2.36. The molecule has 0 aromatic heterocycles. The van der Waals surface area contributed by atoms with Gasteiger partial charge in [-0.15, -0.1) is 0 Å². The highest BCUT2D eigenvalue weighted by atomic mass is 16.3. The molecular formula is C35H77N7O. The highest BCUT2D eigenvalue weighted by Gasteiger charge is 2.26. The molecule has 1 aliphatic carbocycles. The zero-order chi connectivity index (χ0) is 31.9. The molecule has 43 heavy (non-hydrogen) atoms. The van der Waals surface area contributed by atoms with Gasteiger partial charge < -0.3 is 42.7 Å². The molecule has 8 heteroatoms. The fourth-order valence-corrected chi connectivity index (χ4v) is 6.69. The molecule has 0 bridgehead atoms. The first-order valence-corrected chi connectivity index (χ1v) is 18.4. The lowest BCUT2D eigenvalue weighted by atomic mass is 9.90. The second kappa shape index (κ2) is 25.8. The maximum absolute atomic E-state index is 9.32. The van der Waals surface area contributed by atoms with E-state index in [0.717, 1.165) is 38.0 Å². The fourth-order valence-electron chi connectivity index (χ4n) is 6.69. The summed E-state index contributed by atoms with van der Waals surface area (Å²) < 4.78 is 0. The van der Waals surface area contributed by atoms with Crippen LogP contribution in [-0.4, -0.2) is 99.7 Å². The molecule has 0 radical (unpaired) electrons. The summed E-state index contributed by atoms with van der Waals surface area (Å²) in [5.41, 5.74) is 12.3. The van der Waals surface area contributed by atoms with Crippen LogP contribution >= 0.6 is 0 Å². The minimum absolute atomic E-state index is 0.0722. The molecule has 0 heterocycles. The lowest BCUT2D eigenvalue weighted by Crippen LogP contribution is -2.55.